The van der Waals surface area contributed by atoms with E-state index in [-0.39, 0.29) is 36.0 Å². The van der Waals surface area contributed by atoms with Crippen LogP contribution in [0.2, 0.25) is 5.02 Å². The number of ether oxygens (including phenoxy) is 2. The van der Waals surface area contributed by atoms with E-state index in [1.165, 1.54) is 41.0 Å². The number of hydrogen-bond donors (Lipinski definition) is 2. The van der Waals surface area contributed by atoms with Crippen LogP contribution in [-0.2, 0) is 15.9 Å². The number of aromatic nitrogens is 9. The summed E-state index contributed by atoms with van der Waals surface area (Å²) in [6.45, 7) is 0.368. The molecule has 0 saturated carbocycles. The number of halogens is 2. The van der Waals surface area contributed by atoms with E-state index in [1.54, 1.807) is 24.3 Å². The van der Waals surface area contributed by atoms with E-state index < -0.39 is 18.1 Å². The fourth-order valence-electron chi connectivity index (χ4n) is 4.70. The molecule has 16 heteroatoms. The molecular formula is C26H22ClFN10O4. The van der Waals surface area contributed by atoms with Gasteiger partial charge < -0.3 is 14.5 Å². The summed E-state index contributed by atoms with van der Waals surface area (Å²) < 4.78 is 27.8. The van der Waals surface area contributed by atoms with Crippen LogP contribution in [0.4, 0.5) is 14.9 Å². The normalized spacial score (nSPS) is 14.1. The number of H-pyrrole nitrogens is 1. The van der Waals surface area contributed by atoms with Crippen molar-refractivity contribution in [3.05, 3.63) is 81.9 Å². The van der Waals surface area contributed by atoms with Crippen molar-refractivity contribution in [2.45, 2.75) is 18.9 Å². The molecule has 42 heavy (non-hydrogen) atoms. The van der Waals surface area contributed by atoms with Crippen LogP contribution in [0.25, 0.3) is 28.3 Å². The van der Waals surface area contributed by atoms with E-state index in [1.807, 2.05) is 0 Å². The second-order valence-corrected chi connectivity index (χ2v) is 9.64. The second kappa shape index (κ2) is 11.5. The Morgan fingerprint density at radius 2 is 2.07 bits per heavy atom. The number of rotatable bonds is 8. The van der Waals surface area contributed by atoms with Gasteiger partial charge in [-0.05, 0) is 47.2 Å². The molecule has 5 heterocycles. The van der Waals surface area contributed by atoms with Crippen LogP contribution in [0.3, 0.4) is 0 Å². The molecule has 1 amide bonds. The molecule has 0 unspecified atom stereocenters. The number of tetrazole rings is 1. The number of aromatic amines is 1. The highest BCUT2D eigenvalue weighted by Crippen LogP contribution is 2.33. The minimum Gasteiger partial charge on any atom is -0.447 e. The van der Waals surface area contributed by atoms with Crippen LogP contribution in [0, 0.1) is 5.95 Å². The van der Waals surface area contributed by atoms with Gasteiger partial charge in [0.1, 0.15) is 30.3 Å². The van der Waals surface area contributed by atoms with E-state index >= 15 is 4.39 Å². The number of benzene rings is 1. The van der Waals surface area contributed by atoms with Crippen LogP contribution in [0.1, 0.15) is 24.1 Å². The zero-order valence-electron chi connectivity index (χ0n) is 22.0. The highest BCUT2D eigenvalue weighted by Gasteiger charge is 2.30. The standard InChI is InChI=1S/C26H22ClFN10O4/c1-41-8-9-42-26(40)31-15-3-4-17(29-12-15)23-24(28)34-25(33-23)20-6-7-21-32-18(11-22(39)38(20)21)16-10-14(27)2-5-19(16)37-13-30-35-36-37/h2-5,10-13,20H,6-9H2,1H3,(H,31,40)(H,33,34)/t20-/m0/s1. The number of carbonyl (C=O) groups is 1. The average molecular weight is 593 g/mol. The maximum Gasteiger partial charge on any atom is 0.411 e. The number of pyridine rings is 1. The number of aryl methyl sites for hydroxylation is 1. The van der Waals surface area contributed by atoms with Crippen LogP contribution in [0.15, 0.2) is 53.7 Å². The van der Waals surface area contributed by atoms with Crippen molar-refractivity contribution >= 4 is 23.4 Å². The topological polar surface area (TPSA) is 168 Å². The van der Waals surface area contributed by atoms with E-state index in [0.717, 1.165) is 0 Å². The van der Waals surface area contributed by atoms with Gasteiger partial charge in [0.15, 0.2) is 0 Å². The summed E-state index contributed by atoms with van der Waals surface area (Å²) in [5, 5.41) is 14.3. The van der Waals surface area contributed by atoms with E-state index in [2.05, 4.69) is 35.8 Å². The zero-order valence-corrected chi connectivity index (χ0v) is 22.7. The molecule has 0 fully saturated rings. The first-order valence-corrected chi connectivity index (χ1v) is 13.1. The van der Waals surface area contributed by atoms with Crippen molar-refractivity contribution in [2.24, 2.45) is 0 Å². The third-order valence-corrected chi connectivity index (χ3v) is 6.81. The number of hydrogen-bond acceptors (Lipinski definition) is 10. The minimum atomic E-state index is -0.701. The van der Waals surface area contributed by atoms with Crippen molar-refractivity contribution < 1.29 is 18.7 Å². The number of anilines is 1. The number of imidazole rings is 1. The molecule has 0 aliphatic carbocycles. The molecule has 0 saturated heterocycles. The van der Waals surface area contributed by atoms with Crippen LogP contribution in [0.5, 0.6) is 0 Å². The van der Waals surface area contributed by atoms with Crippen molar-refractivity contribution in [3.63, 3.8) is 0 Å². The number of amides is 1. The Hall–Kier alpha value is -5.02. The molecule has 1 aliphatic heterocycles. The van der Waals surface area contributed by atoms with Crippen LogP contribution < -0.4 is 10.9 Å². The van der Waals surface area contributed by atoms with E-state index in [9.17, 15) is 9.59 Å². The summed E-state index contributed by atoms with van der Waals surface area (Å²) in [5.74, 6) is 0.0865. The van der Waals surface area contributed by atoms with Crippen molar-refractivity contribution in [3.8, 4) is 28.3 Å². The minimum absolute atomic E-state index is 0.0182. The zero-order chi connectivity index (χ0) is 29.2. The first-order chi connectivity index (χ1) is 20.4. The van der Waals surface area contributed by atoms with Gasteiger partial charge in [-0.3, -0.25) is 19.7 Å². The van der Waals surface area contributed by atoms with Crippen molar-refractivity contribution in [1.29, 1.82) is 0 Å². The summed E-state index contributed by atoms with van der Waals surface area (Å²) >= 11 is 6.26. The Morgan fingerprint density at radius 1 is 1.19 bits per heavy atom. The Morgan fingerprint density at radius 3 is 2.83 bits per heavy atom. The molecule has 5 aromatic rings. The molecule has 1 aliphatic rings. The van der Waals surface area contributed by atoms with Gasteiger partial charge in [0.2, 0.25) is 5.95 Å². The predicted octanol–water partition coefficient (Wildman–Crippen LogP) is 3.19. The maximum absolute atomic E-state index is 15.0. The molecule has 214 valence electrons. The molecule has 2 N–H and O–H groups in total. The summed E-state index contributed by atoms with van der Waals surface area (Å²) in [4.78, 5) is 41.3. The summed E-state index contributed by atoms with van der Waals surface area (Å²) in [5.41, 5.74) is 1.84. The summed E-state index contributed by atoms with van der Waals surface area (Å²) in [6.07, 6.45) is 3.07. The summed E-state index contributed by atoms with van der Waals surface area (Å²) in [7, 11) is 1.50. The molecule has 6 rings (SSSR count). The Labute approximate surface area is 241 Å². The number of methoxy groups -OCH3 is 1. The lowest BCUT2D eigenvalue weighted by Crippen LogP contribution is -2.25. The molecule has 1 aromatic carbocycles. The third kappa shape index (κ3) is 5.34. The number of carbonyl (C=O) groups excluding carboxylic acids is 1. The lowest BCUT2D eigenvalue weighted by Gasteiger charge is -2.14. The van der Waals surface area contributed by atoms with Gasteiger partial charge in [-0.1, -0.05) is 11.6 Å². The fraction of sp³-hybridized carbons (Fsp3) is 0.231. The Bertz CT molecular complexity index is 1810. The monoisotopic (exact) mass is 592 g/mol. The van der Waals surface area contributed by atoms with Gasteiger partial charge in [0, 0.05) is 30.2 Å². The van der Waals surface area contributed by atoms with Crippen molar-refractivity contribution in [1.82, 2.24) is 44.7 Å². The third-order valence-electron chi connectivity index (χ3n) is 6.58. The van der Waals surface area contributed by atoms with Gasteiger partial charge >= 0.3 is 6.09 Å². The van der Waals surface area contributed by atoms with Crippen LogP contribution in [-0.4, -0.2) is 71.1 Å². The predicted molar refractivity (Wildman–Crippen MR) is 147 cm³/mol. The number of fused-ring (bicyclic) bond motifs is 1. The molecule has 0 spiro atoms. The SMILES string of the molecule is COCCOC(=O)Nc1ccc(-c2nc([C@@H]3CCc4nc(-c5cc(Cl)ccc5-n5cnnn5)cc(=O)n43)[nH]c2F)nc1. The smallest absolute Gasteiger partial charge is 0.411 e. The van der Waals surface area contributed by atoms with Gasteiger partial charge in [0.25, 0.3) is 5.56 Å². The highest BCUT2D eigenvalue weighted by atomic mass is 35.5. The van der Waals surface area contributed by atoms with Gasteiger partial charge in [-0.2, -0.15) is 9.07 Å². The molecule has 4 aromatic heterocycles. The quantitative estimate of drug-likeness (QED) is 0.255. The second-order valence-electron chi connectivity index (χ2n) is 9.21. The highest BCUT2D eigenvalue weighted by molar-refractivity contribution is 6.31. The lowest BCUT2D eigenvalue weighted by atomic mass is 10.1. The van der Waals surface area contributed by atoms with Crippen molar-refractivity contribution in [2.75, 3.05) is 25.6 Å². The molecule has 0 bridgehead atoms. The van der Waals surface area contributed by atoms with Crippen LogP contribution >= 0.6 is 11.6 Å². The van der Waals surface area contributed by atoms with Gasteiger partial charge in [0.05, 0.1) is 41.6 Å². The number of nitrogens with one attached hydrogen (secondary N) is 2. The number of nitrogens with zero attached hydrogens (tertiary/aromatic N) is 8. The Kier molecular flexibility index (Phi) is 7.41. The van der Waals surface area contributed by atoms with E-state index in [0.29, 0.717) is 46.3 Å². The molecule has 0 radical (unpaired) electrons. The first kappa shape index (κ1) is 27.2. The van der Waals surface area contributed by atoms with Gasteiger partial charge in [-0.15, -0.1) is 5.10 Å². The molecular weight excluding hydrogens is 571 g/mol. The fourth-order valence-corrected chi connectivity index (χ4v) is 4.87. The lowest BCUT2D eigenvalue weighted by molar-refractivity contribution is 0.107. The average Bonchev–Trinajstić information content (AvgIpc) is 3.74. The largest absolute Gasteiger partial charge is 0.447 e. The van der Waals surface area contributed by atoms with Gasteiger partial charge in [-0.25, -0.2) is 14.8 Å². The maximum atomic E-state index is 15.0. The summed E-state index contributed by atoms with van der Waals surface area (Å²) in [6, 6.07) is 9.03. The Balaban J connectivity index is 1.25. The molecule has 14 nitrogen and oxygen atoms in total. The first-order valence-electron chi connectivity index (χ1n) is 12.7. The van der Waals surface area contributed by atoms with E-state index in [4.69, 9.17) is 26.1 Å². The molecule has 1 atom stereocenters.